The van der Waals surface area contributed by atoms with Gasteiger partial charge >= 0.3 is 6.18 Å². The molecule has 0 bridgehead atoms. The van der Waals surface area contributed by atoms with E-state index in [1.807, 2.05) is 0 Å². The summed E-state index contributed by atoms with van der Waals surface area (Å²) in [4.78, 5) is 4.20. The van der Waals surface area contributed by atoms with Crippen molar-refractivity contribution >= 4 is 12.2 Å². The second-order valence-corrected chi connectivity index (χ2v) is 7.93. The van der Waals surface area contributed by atoms with Gasteiger partial charge in [-0.1, -0.05) is 23.4 Å². The first-order chi connectivity index (χ1) is 17.3. The SMILES string of the molecule is OC(CCCn1ccnn1)c1ccc(OCc2coc(/C=C/c3ccc(C(F)(F)F)cc3F)n2)cc1. The molecule has 0 radical (unpaired) electrons. The molecule has 2 aromatic carbocycles. The second-order valence-electron chi connectivity index (χ2n) is 7.93. The minimum absolute atomic E-state index is 0.0281. The molecule has 36 heavy (non-hydrogen) atoms. The molecule has 1 unspecified atom stereocenters. The standard InChI is InChI=1S/C25H22F4N4O3/c26-22-14-19(25(27,28)29)7-3-17(22)6-10-24-31-20(16-36-24)15-35-21-8-4-18(5-9-21)23(34)2-1-12-33-13-11-30-32-33/h3-11,13-14,16,23,34H,1-2,12,15H2/b10-6+. The van der Waals surface area contributed by atoms with Crippen molar-refractivity contribution in [3.05, 3.63) is 95.2 Å². The molecule has 0 saturated heterocycles. The topological polar surface area (TPSA) is 86.2 Å². The minimum atomic E-state index is -4.61. The van der Waals surface area contributed by atoms with Gasteiger partial charge in [-0.05, 0) is 48.7 Å². The van der Waals surface area contributed by atoms with E-state index in [-0.39, 0.29) is 18.1 Å². The number of hydrogen-bond donors (Lipinski definition) is 1. The van der Waals surface area contributed by atoms with Crippen molar-refractivity contribution < 1.29 is 31.8 Å². The van der Waals surface area contributed by atoms with Crippen LogP contribution in [0.15, 0.2) is 65.5 Å². The molecule has 2 aromatic heterocycles. The predicted octanol–water partition coefficient (Wildman–Crippen LogP) is 5.69. The lowest BCUT2D eigenvalue weighted by Gasteiger charge is -2.12. The summed E-state index contributed by atoms with van der Waals surface area (Å²) in [6.07, 6.45) is 3.48. The molecule has 1 N–H and O–H groups in total. The van der Waals surface area contributed by atoms with E-state index in [0.29, 0.717) is 30.5 Å². The van der Waals surface area contributed by atoms with Gasteiger partial charge in [0.05, 0.1) is 17.9 Å². The van der Waals surface area contributed by atoms with Gasteiger partial charge in [0.15, 0.2) is 0 Å². The van der Waals surface area contributed by atoms with Crippen molar-refractivity contribution in [1.82, 2.24) is 20.0 Å². The van der Waals surface area contributed by atoms with Gasteiger partial charge in [0.1, 0.15) is 30.1 Å². The summed E-state index contributed by atoms with van der Waals surface area (Å²) >= 11 is 0. The number of halogens is 4. The minimum Gasteiger partial charge on any atom is -0.487 e. The molecule has 7 nitrogen and oxygen atoms in total. The van der Waals surface area contributed by atoms with Crippen LogP contribution in [0.2, 0.25) is 0 Å². The Labute approximate surface area is 203 Å². The van der Waals surface area contributed by atoms with E-state index in [9.17, 15) is 22.7 Å². The first-order valence-corrected chi connectivity index (χ1v) is 11.0. The van der Waals surface area contributed by atoms with E-state index in [0.717, 1.165) is 24.1 Å². The number of benzene rings is 2. The Morgan fingerprint density at radius 3 is 2.61 bits per heavy atom. The quantitative estimate of drug-likeness (QED) is 0.281. The molecule has 4 rings (SSSR count). The lowest BCUT2D eigenvalue weighted by atomic mass is 10.0. The summed E-state index contributed by atoms with van der Waals surface area (Å²) in [6.45, 7) is 0.776. The van der Waals surface area contributed by atoms with Gasteiger partial charge in [-0.2, -0.15) is 13.2 Å². The van der Waals surface area contributed by atoms with Gasteiger partial charge in [0.2, 0.25) is 5.89 Å². The highest BCUT2D eigenvalue weighted by molar-refractivity contribution is 5.66. The molecule has 4 aromatic rings. The fourth-order valence-electron chi connectivity index (χ4n) is 3.37. The predicted molar refractivity (Wildman–Crippen MR) is 122 cm³/mol. The van der Waals surface area contributed by atoms with Crippen LogP contribution in [0.3, 0.4) is 0 Å². The first kappa shape index (κ1) is 25.1. The van der Waals surface area contributed by atoms with Crippen molar-refractivity contribution in [3.8, 4) is 5.75 Å². The summed E-state index contributed by atoms with van der Waals surface area (Å²) in [6, 6.07) is 9.34. The van der Waals surface area contributed by atoms with Crippen molar-refractivity contribution in [3.63, 3.8) is 0 Å². The Morgan fingerprint density at radius 1 is 1.11 bits per heavy atom. The van der Waals surface area contributed by atoms with Crippen molar-refractivity contribution in [1.29, 1.82) is 0 Å². The summed E-state index contributed by atoms with van der Waals surface area (Å²) in [5, 5.41) is 18.0. The molecular formula is C25H22F4N4O3. The number of nitrogens with zero attached hydrogens (tertiary/aromatic N) is 4. The van der Waals surface area contributed by atoms with Crippen molar-refractivity contribution in [2.75, 3.05) is 0 Å². The van der Waals surface area contributed by atoms with E-state index in [1.54, 1.807) is 41.3 Å². The maximum Gasteiger partial charge on any atom is 0.416 e. The molecule has 0 spiro atoms. The Hall–Kier alpha value is -3.99. The van der Waals surface area contributed by atoms with Crippen LogP contribution in [0, 0.1) is 5.82 Å². The summed E-state index contributed by atoms with van der Waals surface area (Å²) in [7, 11) is 0. The molecule has 0 amide bonds. The molecule has 11 heteroatoms. The highest BCUT2D eigenvalue weighted by Gasteiger charge is 2.31. The average Bonchev–Trinajstić information content (AvgIpc) is 3.54. The third kappa shape index (κ3) is 6.79. The summed E-state index contributed by atoms with van der Waals surface area (Å²) < 4.78 is 64.6. The van der Waals surface area contributed by atoms with Gasteiger partial charge in [-0.25, -0.2) is 9.37 Å². The zero-order valence-corrected chi connectivity index (χ0v) is 18.9. The lowest BCUT2D eigenvalue weighted by Crippen LogP contribution is -2.05. The van der Waals surface area contributed by atoms with Crippen LogP contribution in [0.25, 0.3) is 12.2 Å². The van der Waals surface area contributed by atoms with Crippen LogP contribution in [0.4, 0.5) is 17.6 Å². The van der Waals surface area contributed by atoms with Crippen molar-refractivity contribution in [2.24, 2.45) is 0 Å². The molecule has 0 aliphatic rings. The number of alkyl halides is 3. The average molecular weight is 502 g/mol. The maximum atomic E-state index is 14.0. The second kappa shape index (κ2) is 11.2. The van der Waals surface area contributed by atoms with Gasteiger partial charge < -0.3 is 14.3 Å². The summed E-state index contributed by atoms with van der Waals surface area (Å²) in [5.74, 6) is -0.280. The monoisotopic (exact) mass is 502 g/mol. The van der Waals surface area contributed by atoms with E-state index in [1.165, 1.54) is 18.4 Å². The molecule has 0 saturated carbocycles. The third-order valence-electron chi connectivity index (χ3n) is 5.29. The molecule has 2 heterocycles. The first-order valence-electron chi connectivity index (χ1n) is 11.0. The number of aliphatic hydroxyl groups is 1. The van der Waals surface area contributed by atoms with Gasteiger partial charge in [0, 0.05) is 24.4 Å². The van der Waals surface area contributed by atoms with E-state index in [2.05, 4.69) is 15.3 Å². The fraction of sp³-hybridized carbons (Fsp3) is 0.240. The largest absolute Gasteiger partial charge is 0.487 e. The van der Waals surface area contributed by atoms with Gasteiger partial charge in [0.25, 0.3) is 0 Å². The fourth-order valence-corrected chi connectivity index (χ4v) is 3.37. The third-order valence-corrected chi connectivity index (χ3v) is 5.29. The van der Waals surface area contributed by atoms with E-state index >= 15 is 0 Å². The van der Waals surface area contributed by atoms with Crippen LogP contribution in [0.1, 0.15) is 47.2 Å². The normalized spacial score (nSPS) is 12.8. The van der Waals surface area contributed by atoms with Crippen LogP contribution in [-0.4, -0.2) is 25.1 Å². The van der Waals surface area contributed by atoms with E-state index in [4.69, 9.17) is 9.15 Å². The zero-order chi connectivity index (χ0) is 25.5. The van der Waals surface area contributed by atoms with Crippen molar-refractivity contribution in [2.45, 2.75) is 38.3 Å². The van der Waals surface area contributed by atoms with Crippen LogP contribution in [0.5, 0.6) is 5.75 Å². The Kier molecular flexibility index (Phi) is 7.79. The number of oxazole rings is 1. The molecule has 0 aliphatic carbocycles. The van der Waals surface area contributed by atoms with Gasteiger partial charge in [-0.15, -0.1) is 5.10 Å². The summed E-state index contributed by atoms with van der Waals surface area (Å²) in [5.41, 5.74) is 0.156. The lowest BCUT2D eigenvalue weighted by molar-refractivity contribution is -0.137. The Balaban J connectivity index is 1.26. The Bertz CT molecular complexity index is 1290. The van der Waals surface area contributed by atoms with Gasteiger partial charge in [-0.3, -0.25) is 4.68 Å². The number of aromatic nitrogens is 4. The maximum absolute atomic E-state index is 14.0. The number of aryl methyl sites for hydroxylation is 1. The molecule has 1 atom stereocenters. The zero-order valence-electron chi connectivity index (χ0n) is 18.9. The van der Waals surface area contributed by atoms with E-state index < -0.39 is 23.7 Å². The number of rotatable bonds is 10. The van der Waals surface area contributed by atoms with Crippen LogP contribution >= 0.6 is 0 Å². The van der Waals surface area contributed by atoms with Crippen LogP contribution in [-0.2, 0) is 19.3 Å². The Morgan fingerprint density at radius 2 is 1.92 bits per heavy atom. The smallest absolute Gasteiger partial charge is 0.416 e. The van der Waals surface area contributed by atoms with Crippen LogP contribution < -0.4 is 4.74 Å². The number of ether oxygens (including phenoxy) is 1. The molecule has 188 valence electrons. The number of hydrogen-bond acceptors (Lipinski definition) is 6. The highest BCUT2D eigenvalue weighted by atomic mass is 19.4. The molecule has 0 fully saturated rings. The highest BCUT2D eigenvalue weighted by Crippen LogP contribution is 2.30. The molecule has 0 aliphatic heterocycles. The molecular weight excluding hydrogens is 480 g/mol. The number of aliphatic hydroxyl groups excluding tert-OH is 1.